The van der Waals surface area contributed by atoms with E-state index >= 15 is 0 Å². The van der Waals surface area contributed by atoms with Gasteiger partial charge in [-0.05, 0) is 24.5 Å². The minimum atomic E-state index is 0.0441. The summed E-state index contributed by atoms with van der Waals surface area (Å²) in [7, 11) is 0. The van der Waals surface area contributed by atoms with E-state index in [-0.39, 0.29) is 5.91 Å². The lowest BCUT2D eigenvalue weighted by Crippen LogP contribution is -2.15. The van der Waals surface area contributed by atoms with Gasteiger partial charge in [0.15, 0.2) is 6.29 Å². The highest BCUT2D eigenvalue weighted by molar-refractivity contribution is 5.86. The molecule has 1 aromatic rings. The summed E-state index contributed by atoms with van der Waals surface area (Å²) in [4.78, 5) is 22.7. The maximum absolute atomic E-state index is 11.9. The van der Waals surface area contributed by atoms with Crippen molar-refractivity contribution in [2.45, 2.75) is 44.9 Å². The van der Waals surface area contributed by atoms with Crippen molar-refractivity contribution in [2.24, 2.45) is 5.92 Å². The third-order valence-electron chi connectivity index (χ3n) is 3.66. The van der Waals surface area contributed by atoms with Gasteiger partial charge in [-0.1, -0.05) is 32.1 Å². The van der Waals surface area contributed by atoms with E-state index in [2.05, 4.69) is 0 Å². The summed E-state index contributed by atoms with van der Waals surface area (Å²) in [6, 6.07) is 3.41. The molecule has 3 heteroatoms. The molecule has 0 radical (unpaired) electrons. The molecule has 17 heavy (non-hydrogen) atoms. The molecule has 0 bridgehead atoms. The van der Waals surface area contributed by atoms with Gasteiger partial charge in [-0.25, -0.2) is 0 Å². The number of carbonyl (C=O) groups excluding carboxylic acids is 2. The van der Waals surface area contributed by atoms with Gasteiger partial charge in [0.05, 0.1) is 5.69 Å². The highest BCUT2D eigenvalue weighted by Crippen LogP contribution is 2.27. The summed E-state index contributed by atoms with van der Waals surface area (Å²) in [5.74, 6) is 0.755. The monoisotopic (exact) mass is 233 g/mol. The Labute approximate surface area is 102 Å². The lowest BCUT2D eigenvalue weighted by atomic mass is 9.86. The maximum atomic E-state index is 11.9. The number of aromatic nitrogens is 1. The zero-order valence-electron chi connectivity index (χ0n) is 10.1. The van der Waals surface area contributed by atoms with Gasteiger partial charge in [0.25, 0.3) is 0 Å². The Morgan fingerprint density at radius 3 is 2.82 bits per heavy atom. The lowest BCUT2D eigenvalue weighted by Gasteiger charge is -2.21. The van der Waals surface area contributed by atoms with Crippen LogP contribution in [0.25, 0.3) is 0 Å². The van der Waals surface area contributed by atoms with Crippen LogP contribution in [0.4, 0.5) is 0 Å². The van der Waals surface area contributed by atoms with Crippen LogP contribution in [-0.4, -0.2) is 16.8 Å². The first kappa shape index (κ1) is 12.1. The molecule has 0 aromatic carbocycles. The van der Waals surface area contributed by atoms with Crippen molar-refractivity contribution >= 4 is 12.2 Å². The lowest BCUT2D eigenvalue weighted by molar-refractivity contribution is 0.0879. The Hall–Kier alpha value is -1.38. The fraction of sp³-hybridized carbons (Fsp3) is 0.571. The van der Waals surface area contributed by atoms with Gasteiger partial charge in [0.2, 0.25) is 5.91 Å². The number of nitrogens with zero attached hydrogens (tertiary/aromatic N) is 1. The number of hydrogen-bond acceptors (Lipinski definition) is 2. The van der Waals surface area contributed by atoms with Crippen LogP contribution in [0, 0.1) is 5.92 Å². The Balaban J connectivity index is 1.86. The first-order chi connectivity index (χ1) is 8.31. The second-order valence-electron chi connectivity index (χ2n) is 4.86. The molecule has 1 aliphatic carbocycles. The molecular formula is C14H19NO2. The van der Waals surface area contributed by atoms with Crippen LogP contribution in [0.15, 0.2) is 18.3 Å². The maximum Gasteiger partial charge on any atom is 0.231 e. The SMILES string of the molecule is O=Cc1cccn1C(=O)CCC1CCCCC1. The Kier molecular flexibility index (Phi) is 4.13. The smallest absolute Gasteiger partial charge is 0.231 e. The van der Waals surface area contributed by atoms with Gasteiger partial charge >= 0.3 is 0 Å². The van der Waals surface area contributed by atoms with E-state index in [1.54, 1.807) is 18.3 Å². The number of aldehydes is 1. The summed E-state index contributed by atoms with van der Waals surface area (Å²) in [6.45, 7) is 0. The van der Waals surface area contributed by atoms with Crippen molar-refractivity contribution < 1.29 is 9.59 Å². The molecule has 92 valence electrons. The quantitative estimate of drug-likeness (QED) is 0.748. The average molecular weight is 233 g/mol. The summed E-state index contributed by atoms with van der Waals surface area (Å²) in [6.07, 6.45) is 10.4. The van der Waals surface area contributed by atoms with Crippen molar-refractivity contribution in [2.75, 3.05) is 0 Å². The van der Waals surface area contributed by atoms with Crippen molar-refractivity contribution in [3.05, 3.63) is 24.0 Å². The van der Waals surface area contributed by atoms with E-state index in [1.807, 2.05) is 0 Å². The Bertz CT molecular complexity index is 389. The van der Waals surface area contributed by atoms with E-state index in [0.717, 1.165) is 12.7 Å². The third-order valence-corrected chi connectivity index (χ3v) is 3.66. The number of carbonyl (C=O) groups is 2. The van der Waals surface area contributed by atoms with Gasteiger partial charge in [0, 0.05) is 12.6 Å². The van der Waals surface area contributed by atoms with Crippen molar-refractivity contribution in [1.29, 1.82) is 0 Å². The van der Waals surface area contributed by atoms with Crippen LogP contribution in [0.2, 0.25) is 0 Å². The van der Waals surface area contributed by atoms with Gasteiger partial charge in [0.1, 0.15) is 0 Å². The summed E-state index contributed by atoms with van der Waals surface area (Å²) in [5, 5.41) is 0. The third kappa shape index (κ3) is 3.05. The Morgan fingerprint density at radius 2 is 2.12 bits per heavy atom. The van der Waals surface area contributed by atoms with Gasteiger partial charge in [-0.2, -0.15) is 0 Å². The molecule has 1 saturated carbocycles. The highest BCUT2D eigenvalue weighted by Gasteiger charge is 2.16. The molecule has 0 N–H and O–H groups in total. The second kappa shape index (κ2) is 5.80. The molecule has 0 aliphatic heterocycles. The fourth-order valence-corrected chi connectivity index (χ4v) is 2.64. The first-order valence-corrected chi connectivity index (χ1v) is 6.47. The zero-order valence-corrected chi connectivity index (χ0v) is 10.1. The molecule has 0 saturated heterocycles. The summed E-state index contributed by atoms with van der Waals surface area (Å²) in [5.41, 5.74) is 0.457. The fourth-order valence-electron chi connectivity index (χ4n) is 2.64. The zero-order chi connectivity index (χ0) is 12.1. The molecule has 1 aromatic heterocycles. The van der Waals surface area contributed by atoms with Crippen LogP contribution >= 0.6 is 0 Å². The molecule has 0 atom stereocenters. The van der Waals surface area contributed by atoms with Crippen molar-refractivity contribution in [3.63, 3.8) is 0 Å². The molecule has 2 rings (SSSR count). The minimum absolute atomic E-state index is 0.0441. The average Bonchev–Trinajstić information content (AvgIpc) is 2.85. The van der Waals surface area contributed by atoms with Crippen LogP contribution in [0.5, 0.6) is 0 Å². The van der Waals surface area contributed by atoms with E-state index in [1.165, 1.54) is 36.7 Å². The summed E-state index contributed by atoms with van der Waals surface area (Å²) < 4.78 is 1.47. The minimum Gasteiger partial charge on any atom is -0.296 e. The standard InChI is InChI=1S/C14H19NO2/c16-11-13-7-4-10-15(13)14(17)9-8-12-5-2-1-3-6-12/h4,7,10-12H,1-3,5-6,8-9H2. The van der Waals surface area contributed by atoms with Gasteiger partial charge in [-0.15, -0.1) is 0 Å². The Morgan fingerprint density at radius 1 is 1.35 bits per heavy atom. The second-order valence-corrected chi connectivity index (χ2v) is 4.86. The molecule has 0 spiro atoms. The van der Waals surface area contributed by atoms with Crippen LogP contribution in [0.3, 0.4) is 0 Å². The molecule has 1 heterocycles. The highest BCUT2D eigenvalue weighted by atomic mass is 16.2. The number of hydrogen-bond donors (Lipinski definition) is 0. The molecule has 3 nitrogen and oxygen atoms in total. The van der Waals surface area contributed by atoms with E-state index in [4.69, 9.17) is 0 Å². The molecule has 1 fully saturated rings. The van der Waals surface area contributed by atoms with Crippen LogP contribution in [-0.2, 0) is 0 Å². The van der Waals surface area contributed by atoms with Crippen molar-refractivity contribution in [3.8, 4) is 0 Å². The molecular weight excluding hydrogens is 214 g/mol. The molecule has 0 amide bonds. The predicted octanol–water partition coefficient (Wildman–Crippen LogP) is 3.30. The van der Waals surface area contributed by atoms with Gasteiger partial charge < -0.3 is 0 Å². The molecule has 0 unspecified atom stereocenters. The topological polar surface area (TPSA) is 39.1 Å². The summed E-state index contributed by atoms with van der Waals surface area (Å²) >= 11 is 0. The van der Waals surface area contributed by atoms with E-state index in [9.17, 15) is 9.59 Å². The van der Waals surface area contributed by atoms with Gasteiger partial charge in [-0.3, -0.25) is 14.2 Å². The predicted molar refractivity (Wildman–Crippen MR) is 66.3 cm³/mol. The van der Waals surface area contributed by atoms with E-state index in [0.29, 0.717) is 18.0 Å². The number of rotatable bonds is 4. The van der Waals surface area contributed by atoms with Crippen LogP contribution < -0.4 is 0 Å². The van der Waals surface area contributed by atoms with Crippen LogP contribution in [0.1, 0.15) is 60.2 Å². The molecule has 1 aliphatic rings. The largest absolute Gasteiger partial charge is 0.296 e. The van der Waals surface area contributed by atoms with E-state index < -0.39 is 0 Å². The first-order valence-electron chi connectivity index (χ1n) is 6.47. The normalized spacial score (nSPS) is 16.9. The van der Waals surface area contributed by atoms with Crippen molar-refractivity contribution in [1.82, 2.24) is 4.57 Å².